The molecule has 19 heavy (non-hydrogen) atoms. The summed E-state index contributed by atoms with van der Waals surface area (Å²) in [6, 6.07) is 7.68. The molecule has 1 amide bonds. The van der Waals surface area contributed by atoms with Crippen LogP contribution in [-0.4, -0.2) is 28.2 Å². The van der Waals surface area contributed by atoms with Crippen LogP contribution in [0.2, 0.25) is 0 Å². The molecule has 0 fully saturated rings. The number of rotatable bonds is 7. The van der Waals surface area contributed by atoms with Gasteiger partial charge in [0.15, 0.2) is 0 Å². The summed E-state index contributed by atoms with van der Waals surface area (Å²) in [5, 5.41) is 2.96. The number of carbonyl (C=O) groups is 1. The first-order valence-electron chi connectivity index (χ1n) is 6.40. The van der Waals surface area contributed by atoms with Gasteiger partial charge in [0.05, 0.1) is 6.42 Å². The average Bonchev–Trinajstić information content (AvgIpc) is 2.39. The number of nitrogens with one attached hydrogen (secondary N) is 1. The highest BCUT2D eigenvalue weighted by Gasteiger charge is 2.09. The first-order chi connectivity index (χ1) is 9.04. The Kier molecular flexibility index (Phi) is 6.73. The quantitative estimate of drug-likeness (QED) is 0.782. The predicted octanol–water partition coefficient (Wildman–Crippen LogP) is 0.961. The lowest BCUT2D eigenvalue weighted by molar-refractivity contribution is -0.120. The second-order valence-corrected chi connectivity index (χ2v) is 6.40. The average molecular weight is 282 g/mol. The number of nitrogens with two attached hydrogens (primary N) is 1. The zero-order valence-corrected chi connectivity index (χ0v) is 12.3. The monoisotopic (exact) mass is 282 g/mol. The Balaban J connectivity index is 2.41. The molecule has 3 N–H and O–H groups in total. The largest absolute Gasteiger partial charge is 0.356 e. The molecular formula is C14H22N2O2S. The summed E-state index contributed by atoms with van der Waals surface area (Å²) >= 11 is 0. The van der Waals surface area contributed by atoms with Crippen molar-refractivity contribution < 1.29 is 9.00 Å². The van der Waals surface area contributed by atoms with Gasteiger partial charge in [-0.3, -0.25) is 9.00 Å². The van der Waals surface area contributed by atoms with E-state index in [0.717, 1.165) is 17.5 Å². The van der Waals surface area contributed by atoms with Crippen molar-refractivity contribution in [2.75, 3.05) is 12.8 Å². The van der Waals surface area contributed by atoms with E-state index >= 15 is 0 Å². The zero-order valence-electron chi connectivity index (χ0n) is 11.5. The Bertz CT molecular complexity index is 449. The Morgan fingerprint density at radius 3 is 2.58 bits per heavy atom. The van der Waals surface area contributed by atoms with Crippen molar-refractivity contribution in [1.29, 1.82) is 0 Å². The Morgan fingerprint density at radius 1 is 1.37 bits per heavy atom. The topological polar surface area (TPSA) is 72.2 Å². The van der Waals surface area contributed by atoms with Gasteiger partial charge >= 0.3 is 0 Å². The third-order valence-corrected chi connectivity index (χ3v) is 4.50. The molecule has 1 aromatic rings. The van der Waals surface area contributed by atoms with Crippen LogP contribution in [-0.2, 0) is 28.6 Å². The highest BCUT2D eigenvalue weighted by molar-refractivity contribution is 7.84. The Hall–Kier alpha value is -1.20. The molecule has 0 heterocycles. The first-order valence-corrected chi connectivity index (χ1v) is 8.02. The molecule has 0 aliphatic carbocycles. The molecule has 1 rings (SSSR count). The van der Waals surface area contributed by atoms with Crippen LogP contribution in [0.5, 0.6) is 0 Å². The molecule has 106 valence electrons. The van der Waals surface area contributed by atoms with E-state index in [4.69, 9.17) is 5.73 Å². The second kappa shape index (κ2) is 8.07. The van der Waals surface area contributed by atoms with Gasteiger partial charge in [0.2, 0.25) is 5.91 Å². The molecule has 0 saturated carbocycles. The lowest BCUT2D eigenvalue weighted by atomic mass is 10.0. The molecule has 0 aliphatic heterocycles. The van der Waals surface area contributed by atoms with Crippen LogP contribution in [0.4, 0.5) is 0 Å². The maximum Gasteiger partial charge on any atom is 0.224 e. The van der Waals surface area contributed by atoms with Gasteiger partial charge in [-0.2, -0.15) is 0 Å². The van der Waals surface area contributed by atoms with Gasteiger partial charge in [-0.25, -0.2) is 0 Å². The standard InChI is InChI=1S/C14H22N2O2S/c1-11(19(2)18)7-8-16-14(17)9-12-5-3-4-6-13(12)10-15/h3-6,11H,7-10,15H2,1-2H3,(H,16,17). The minimum Gasteiger partial charge on any atom is -0.356 e. The Morgan fingerprint density at radius 2 is 2.00 bits per heavy atom. The third-order valence-electron chi connectivity index (χ3n) is 3.13. The van der Waals surface area contributed by atoms with E-state index < -0.39 is 10.8 Å². The summed E-state index contributed by atoms with van der Waals surface area (Å²) in [4.78, 5) is 11.8. The van der Waals surface area contributed by atoms with Gasteiger partial charge in [-0.05, 0) is 17.5 Å². The summed E-state index contributed by atoms with van der Waals surface area (Å²) in [7, 11) is -0.836. The number of carbonyl (C=O) groups excluding carboxylic acids is 1. The van der Waals surface area contributed by atoms with Crippen molar-refractivity contribution in [2.45, 2.75) is 31.6 Å². The lowest BCUT2D eigenvalue weighted by Gasteiger charge is -2.10. The number of benzene rings is 1. The van der Waals surface area contributed by atoms with Crippen LogP contribution >= 0.6 is 0 Å². The van der Waals surface area contributed by atoms with Crippen molar-refractivity contribution >= 4 is 16.7 Å². The highest BCUT2D eigenvalue weighted by Crippen LogP contribution is 2.08. The number of hydrogen-bond acceptors (Lipinski definition) is 3. The van der Waals surface area contributed by atoms with Crippen LogP contribution in [0.15, 0.2) is 24.3 Å². The molecule has 4 nitrogen and oxygen atoms in total. The van der Waals surface area contributed by atoms with Crippen LogP contribution in [0, 0.1) is 0 Å². The minimum atomic E-state index is -0.836. The molecule has 0 bridgehead atoms. The predicted molar refractivity (Wildman–Crippen MR) is 79.2 cm³/mol. The zero-order chi connectivity index (χ0) is 14.3. The maximum absolute atomic E-state index is 11.8. The normalized spacial score (nSPS) is 13.8. The van der Waals surface area contributed by atoms with E-state index in [0.29, 0.717) is 19.5 Å². The highest BCUT2D eigenvalue weighted by atomic mass is 32.2. The first kappa shape index (κ1) is 15.9. The van der Waals surface area contributed by atoms with E-state index in [1.54, 1.807) is 6.26 Å². The van der Waals surface area contributed by atoms with Crippen molar-refractivity contribution in [1.82, 2.24) is 5.32 Å². The Labute approximate surface area is 117 Å². The maximum atomic E-state index is 11.8. The van der Waals surface area contributed by atoms with E-state index in [1.807, 2.05) is 31.2 Å². The van der Waals surface area contributed by atoms with E-state index in [-0.39, 0.29) is 11.2 Å². The fourth-order valence-corrected chi connectivity index (χ4v) is 2.20. The fourth-order valence-electron chi connectivity index (χ4n) is 1.75. The van der Waals surface area contributed by atoms with Crippen molar-refractivity contribution in [3.8, 4) is 0 Å². The molecular weight excluding hydrogens is 260 g/mol. The SMILES string of the molecule is CC(CCNC(=O)Cc1ccccc1CN)S(C)=O. The van der Waals surface area contributed by atoms with Crippen molar-refractivity contribution in [3.05, 3.63) is 35.4 Å². The molecule has 2 unspecified atom stereocenters. The molecule has 0 spiro atoms. The summed E-state index contributed by atoms with van der Waals surface area (Å²) in [6.07, 6.45) is 2.76. The van der Waals surface area contributed by atoms with Gasteiger partial charge < -0.3 is 11.1 Å². The third kappa shape index (κ3) is 5.53. The van der Waals surface area contributed by atoms with Gasteiger partial charge in [0.25, 0.3) is 0 Å². The minimum absolute atomic E-state index is 0.0185. The van der Waals surface area contributed by atoms with Crippen molar-refractivity contribution in [3.63, 3.8) is 0 Å². The van der Waals surface area contributed by atoms with Crippen molar-refractivity contribution in [2.24, 2.45) is 5.73 Å². The molecule has 0 radical (unpaired) electrons. The number of hydrogen-bond donors (Lipinski definition) is 2. The van der Waals surface area contributed by atoms with E-state index in [9.17, 15) is 9.00 Å². The van der Waals surface area contributed by atoms with Crippen LogP contribution in [0.3, 0.4) is 0 Å². The molecule has 2 atom stereocenters. The van der Waals surface area contributed by atoms with Crippen LogP contribution in [0.1, 0.15) is 24.5 Å². The molecule has 5 heteroatoms. The van der Waals surface area contributed by atoms with Gasteiger partial charge in [-0.1, -0.05) is 31.2 Å². The smallest absolute Gasteiger partial charge is 0.224 e. The second-order valence-electron chi connectivity index (χ2n) is 4.60. The van der Waals surface area contributed by atoms with Crippen LogP contribution < -0.4 is 11.1 Å². The fraction of sp³-hybridized carbons (Fsp3) is 0.500. The van der Waals surface area contributed by atoms with E-state index in [1.165, 1.54) is 0 Å². The molecule has 0 aliphatic rings. The number of amides is 1. The lowest BCUT2D eigenvalue weighted by Crippen LogP contribution is -2.29. The summed E-state index contributed by atoms with van der Waals surface area (Å²) in [5.41, 5.74) is 7.60. The molecule has 0 saturated heterocycles. The molecule has 1 aromatic carbocycles. The summed E-state index contributed by atoms with van der Waals surface area (Å²) < 4.78 is 11.2. The van der Waals surface area contributed by atoms with E-state index in [2.05, 4.69) is 5.32 Å². The van der Waals surface area contributed by atoms with Crippen LogP contribution in [0.25, 0.3) is 0 Å². The summed E-state index contributed by atoms with van der Waals surface area (Å²) in [6.45, 7) is 2.92. The summed E-state index contributed by atoms with van der Waals surface area (Å²) in [5.74, 6) is -0.0185. The van der Waals surface area contributed by atoms with Gasteiger partial charge in [0, 0.05) is 35.4 Å². The van der Waals surface area contributed by atoms with Gasteiger partial charge in [-0.15, -0.1) is 0 Å². The molecule has 0 aromatic heterocycles. The van der Waals surface area contributed by atoms with Gasteiger partial charge in [0.1, 0.15) is 0 Å².